The topological polar surface area (TPSA) is 72.2 Å². The lowest BCUT2D eigenvalue weighted by atomic mass is 10.2. The van der Waals surface area contributed by atoms with E-state index in [1.807, 2.05) is 25.1 Å². The molecule has 4 N–H and O–H groups in total. The van der Waals surface area contributed by atoms with Crippen molar-refractivity contribution >= 4 is 28.9 Å². The first-order valence-corrected chi connectivity index (χ1v) is 6.06. The second-order valence-electron chi connectivity index (χ2n) is 3.98. The van der Waals surface area contributed by atoms with E-state index in [0.29, 0.717) is 22.4 Å². The molecule has 0 saturated heterocycles. The average molecular weight is 279 g/mol. The number of nitrogens with one attached hydrogen (secondary N) is 2. The van der Waals surface area contributed by atoms with Crippen LogP contribution >= 0.6 is 11.6 Å². The molecule has 6 heteroatoms. The number of rotatable bonds is 4. The molecular formula is C13H15ClN4O. The minimum atomic E-state index is 0.578. The molecule has 0 aliphatic heterocycles. The molecule has 100 valence electrons. The number of nitrogens with zero attached hydrogens (tertiary/aromatic N) is 1. The number of halogens is 1. The first kappa shape index (κ1) is 13.5. The van der Waals surface area contributed by atoms with E-state index in [4.69, 9.17) is 22.2 Å². The van der Waals surface area contributed by atoms with Gasteiger partial charge in [-0.05, 0) is 30.7 Å². The lowest BCUT2D eigenvalue weighted by molar-refractivity contribution is 0.416. The smallest absolute Gasteiger partial charge is 0.143 e. The number of nitrogen functional groups attached to an aromatic ring is 1. The Kier molecular flexibility index (Phi) is 4.09. The molecule has 2 rings (SSSR count). The molecule has 0 fully saturated rings. The quantitative estimate of drug-likeness (QED) is 0.592. The van der Waals surface area contributed by atoms with Crippen LogP contribution in [0.15, 0.2) is 30.3 Å². The lowest BCUT2D eigenvalue weighted by Crippen LogP contribution is -2.09. The van der Waals surface area contributed by atoms with Crippen LogP contribution in [0.1, 0.15) is 5.56 Å². The van der Waals surface area contributed by atoms with Gasteiger partial charge in [0.05, 0.1) is 12.8 Å². The van der Waals surface area contributed by atoms with Gasteiger partial charge >= 0.3 is 0 Å². The van der Waals surface area contributed by atoms with Crippen molar-refractivity contribution in [3.05, 3.63) is 40.9 Å². The highest BCUT2D eigenvalue weighted by molar-refractivity contribution is 6.31. The van der Waals surface area contributed by atoms with Gasteiger partial charge in [-0.3, -0.25) is 0 Å². The normalized spacial score (nSPS) is 10.1. The number of methoxy groups -OCH3 is 1. The fraction of sp³-hybridized carbons (Fsp3) is 0.154. The van der Waals surface area contributed by atoms with Gasteiger partial charge in [-0.25, -0.2) is 10.8 Å². The van der Waals surface area contributed by atoms with E-state index >= 15 is 0 Å². The molecule has 5 nitrogen and oxygen atoms in total. The zero-order chi connectivity index (χ0) is 13.8. The number of aromatic nitrogens is 1. The predicted molar refractivity (Wildman–Crippen MR) is 78.1 cm³/mol. The summed E-state index contributed by atoms with van der Waals surface area (Å²) >= 11 is 6.07. The third-order valence-corrected chi connectivity index (χ3v) is 3.05. The number of hydrogen-bond acceptors (Lipinski definition) is 5. The van der Waals surface area contributed by atoms with E-state index in [-0.39, 0.29) is 0 Å². The Balaban J connectivity index is 2.34. The number of aryl methyl sites for hydroxylation is 1. The minimum absolute atomic E-state index is 0.578. The monoisotopic (exact) mass is 278 g/mol. The molecule has 0 radical (unpaired) electrons. The van der Waals surface area contributed by atoms with Crippen molar-refractivity contribution in [1.29, 1.82) is 0 Å². The zero-order valence-corrected chi connectivity index (χ0v) is 11.5. The molecule has 0 amide bonds. The molecule has 1 aromatic carbocycles. The maximum atomic E-state index is 6.07. The van der Waals surface area contributed by atoms with Gasteiger partial charge in [-0.1, -0.05) is 17.7 Å². The van der Waals surface area contributed by atoms with Gasteiger partial charge in [0.2, 0.25) is 0 Å². The van der Waals surface area contributed by atoms with E-state index in [2.05, 4.69) is 15.7 Å². The number of pyridine rings is 1. The Morgan fingerprint density at radius 2 is 2.00 bits per heavy atom. The summed E-state index contributed by atoms with van der Waals surface area (Å²) in [6.07, 6.45) is 0. The number of ether oxygens (including phenoxy) is 1. The molecule has 1 aromatic heterocycles. The Labute approximate surface area is 116 Å². The summed E-state index contributed by atoms with van der Waals surface area (Å²) in [7, 11) is 1.59. The molecule has 19 heavy (non-hydrogen) atoms. The number of nitrogens with two attached hydrogens (primary N) is 1. The highest BCUT2D eigenvalue weighted by Crippen LogP contribution is 2.32. The molecule has 0 spiro atoms. The number of anilines is 3. The Bertz CT molecular complexity index is 589. The van der Waals surface area contributed by atoms with Gasteiger partial charge in [0.25, 0.3) is 0 Å². The lowest BCUT2D eigenvalue weighted by Gasteiger charge is -2.13. The van der Waals surface area contributed by atoms with Crippen LogP contribution in [0.3, 0.4) is 0 Å². The first-order valence-electron chi connectivity index (χ1n) is 5.69. The van der Waals surface area contributed by atoms with Gasteiger partial charge in [-0.15, -0.1) is 0 Å². The van der Waals surface area contributed by atoms with Crippen LogP contribution in [0.2, 0.25) is 5.02 Å². The van der Waals surface area contributed by atoms with E-state index in [1.54, 1.807) is 19.2 Å². The summed E-state index contributed by atoms with van der Waals surface area (Å²) in [5.74, 6) is 7.23. The van der Waals surface area contributed by atoms with Crippen LogP contribution in [0.4, 0.5) is 17.3 Å². The summed E-state index contributed by atoms with van der Waals surface area (Å²) in [6.45, 7) is 1.93. The van der Waals surface area contributed by atoms with Crippen LogP contribution in [0.5, 0.6) is 5.75 Å². The van der Waals surface area contributed by atoms with Crippen LogP contribution in [0.25, 0.3) is 0 Å². The van der Waals surface area contributed by atoms with Gasteiger partial charge in [0, 0.05) is 11.1 Å². The Morgan fingerprint density at radius 1 is 1.26 bits per heavy atom. The van der Waals surface area contributed by atoms with Gasteiger partial charge < -0.3 is 15.5 Å². The zero-order valence-electron chi connectivity index (χ0n) is 10.7. The molecular weight excluding hydrogens is 264 g/mol. The highest BCUT2D eigenvalue weighted by atomic mass is 35.5. The fourth-order valence-electron chi connectivity index (χ4n) is 1.65. The maximum Gasteiger partial charge on any atom is 0.143 e. The molecule has 0 atom stereocenters. The molecule has 2 aromatic rings. The van der Waals surface area contributed by atoms with E-state index in [9.17, 15) is 0 Å². The third-order valence-electron chi connectivity index (χ3n) is 2.64. The molecule has 0 saturated carbocycles. The maximum absolute atomic E-state index is 6.07. The Morgan fingerprint density at radius 3 is 2.68 bits per heavy atom. The van der Waals surface area contributed by atoms with Crippen molar-refractivity contribution in [2.24, 2.45) is 5.84 Å². The van der Waals surface area contributed by atoms with Crippen molar-refractivity contribution in [3.8, 4) is 5.75 Å². The molecule has 0 aliphatic carbocycles. The second-order valence-corrected chi connectivity index (χ2v) is 4.39. The van der Waals surface area contributed by atoms with Gasteiger partial charge in [-0.2, -0.15) is 0 Å². The molecule has 1 heterocycles. The van der Waals surface area contributed by atoms with Crippen molar-refractivity contribution in [1.82, 2.24) is 4.98 Å². The van der Waals surface area contributed by atoms with E-state index < -0.39 is 0 Å². The van der Waals surface area contributed by atoms with Gasteiger partial charge in [0.1, 0.15) is 17.4 Å². The first-order chi connectivity index (χ1) is 9.13. The highest BCUT2D eigenvalue weighted by Gasteiger charge is 2.08. The van der Waals surface area contributed by atoms with Crippen molar-refractivity contribution in [2.75, 3.05) is 17.9 Å². The van der Waals surface area contributed by atoms with Crippen molar-refractivity contribution in [3.63, 3.8) is 0 Å². The second kappa shape index (κ2) is 5.77. The Hall–Kier alpha value is -1.98. The van der Waals surface area contributed by atoms with E-state index in [0.717, 1.165) is 11.3 Å². The van der Waals surface area contributed by atoms with Gasteiger partial charge in [0.15, 0.2) is 0 Å². The predicted octanol–water partition coefficient (Wildman–Crippen LogP) is 3.08. The van der Waals surface area contributed by atoms with E-state index in [1.165, 1.54) is 0 Å². The number of benzene rings is 1. The minimum Gasteiger partial charge on any atom is -0.495 e. The van der Waals surface area contributed by atoms with Crippen molar-refractivity contribution in [2.45, 2.75) is 6.92 Å². The largest absolute Gasteiger partial charge is 0.495 e. The fourth-order valence-corrected chi connectivity index (χ4v) is 1.81. The number of hydrazine groups is 1. The van der Waals surface area contributed by atoms with Crippen LogP contribution < -0.4 is 21.3 Å². The molecule has 0 aliphatic rings. The number of hydrogen-bond donors (Lipinski definition) is 3. The third kappa shape index (κ3) is 3.07. The van der Waals surface area contributed by atoms with Crippen LogP contribution in [-0.2, 0) is 0 Å². The van der Waals surface area contributed by atoms with Crippen LogP contribution in [0, 0.1) is 6.92 Å². The summed E-state index contributed by atoms with van der Waals surface area (Å²) in [6, 6.07) is 9.13. The summed E-state index contributed by atoms with van der Waals surface area (Å²) in [5.41, 5.74) is 4.25. The summed E-state index contributed by atoms with van der Waals surface area (Å²) in [5, 5.41) is 3.84. The van der Waals surface area contributed by atoms with Crippen LogP contribution in [-0.4, -0.2) is 12.1 Å². The summed E-state index contributed by atoms with van der Waals surface area (Å²) < 4.78 is 5.29. The average Bonchev–Trinajstić information content (AvgIpc) is 2.43. The van der Waals surface area contributed by atoms with Crippen molar-refractivity contribution < 1.29 is 4.74 Å². The molecule has 0 bridgehead atoms. The SMILES string of the molecule is COc1cc(Cl)c(C)cc1Nc1cccc(NN)n1. The standard InChI is InChI=1S/C13H15ClN4O/c1-8-6-10(11(19-2)7-9(8)14)16-12-4-3-5-13(17-12)18-15/h3-7H,15H2,1-2H3,(H2,16,17,18). The molecule has 0 unspecified atom stereocenters. The summed E-state index contributed by atoms with van der Waals surface area (Å²) in [4.78, 5) is 4.28.